The summed E-state index contributed by atoms with van der Waals surface area (Å²) in [4.78, 5) is 20.8. The molecule has 0 radical (unpaired) electrons. The highest BCUT2D eigenvalue weighted by Gasteiger charge is 2.21. The van der Waals surface area contributed by atoms with Gasteiger partial charge in [0.2, 0.25) is 5.91 Å². The number of rotatable bonds is 6. The molecule has 2 aromatic heterocycles. The Hall–Kier alpha value is -4.24. The number of hydrogen-bond donors (Lipinski definition) is 2. The third-order valence-corrected chi connectivity index (χ3v) is 5.58. The second kappa shape index (κ2) is 8.86. The number of amides is 1. The lowest BCUT2D eigenvalue weighted by molar-refractivity contribution is -0.118. The van der Waals surface area contributed by atoms with Crippen LogP contribution in [0.5, 0.6) is 0 Å². The summed E-state index contributed by atoms with van der Waals surface area (Å²) in [5.41, 5.74) is 11.9. The number of anilines is 1. The summed E-state index contributed by atoms with van der Waals surface area (Å²) in [6, 6.07) is 19.6. The van der Waals surface area contributed by atoms with Crippen LogP contribution in [0.3, 0.4) is 0 Å². The van der Waals surface area contributed by atoms with Gasteiger partial charge in [-0.25, -0.2) is 4.98 Å². The molecule has 0 saturated carbocycles. The summed E-state index contributed by atoms with van der Waals surface area (Å²) in [5.74, 6) is -0.473. The molecule has 0 spiro atoms. The number of nitriles is 1. The van der Waals surface area contributed by atoms with Gasteiger partial charge in [-0.15, -0.1) is 0 Å². The van der Waals surface area contributed by atoms with Crippen molar-refractivity contribution in [1.82, 2.24) is 9.97 Å². The number of aryl methyl sites for hydroxylation is 1. The van der Waals surface area contributed by atoms with E-state index in [0.717, 1.165) is 22.1 Å². The van der Waals surface area contributed by atoms with Gasteiger partial charge < -0.3 is 11.1 Å². The Morgan fingerprint density at radius 1 is 1.12 bits per heavy atom. The monoisotopic (exact) mass is 421 g/mol. The van der Waals surface area contributed by atoms with E-state index in [0.29, 0.717) is 28.9 Å². The Morgan fingerprint density at radius 3 is 2.50 bits per heavy atom. The van der Waals surface area contributed by atoms with Gasteiger partial charge in [0.05, 0.1) is 23.1 Å². The molecule has 3 N–H and O–H groups in total. The molecule has 2 aromatic carbocycles. The number of nitrogens with one attached hydrogen (secondary N) is 1. The molecule has 4 rings (SSSR count). The largest absolute Gasteiger partial charge is 0.372 e. The summed E-state index contributed by atoms with van der Waals surface area (Å²) >= 11 is 0. The van der Waals surface area contributed by atoms with Crippen LogP contribution in [-0.4, -0.2) is 21.9 Å². The van der Waals surface area contributed by atoms with Crippen molar-refractivity contribution >= 4 is 22.5 Å². The van der Waals surface area contributed by atoms with Crippen LogP contribution in [-0.2, 0) is 4.79 Å². The number of carbonyl (C=O) groups excluding carboxylic acids is 1. The van der Waals surface area contributed by atoms with Gasteiger partial charge in [0.25, 0.3) is 0 Å². The number of hydrogen-bond acceptors (Lipinski definition) is 5. The Balaban J connectivity index is 1.87. The van der Waals surface area contributed by atoms with Crippen LogP contribution in [0.1, 0.15) is 24.5 Å². The van der Waals surface area contributed by atoms with E-state index in [1.165, 1.54) is 5.56 Å². The third kappa shape index (κ3) is 3.88. The van der Waals surface area contributed by atoms with Gasteiger partial charge in [-0.1, -0.05) is 55.5 Å². The van der Waals surface area contributed by atoms with Crippen LogP contribution in [0.25, 0.3) is 33.3 Å². The zero-order valence-corrected chi connectivity index (χ0v) is 18.0. The van der Waals surface area contributed by atoms with Crippen molar-refractivity contribution in [3.63, 3.8) is 0 Å². The van der Waals surface area contributed by atoms with E-state index in [1.807, 2.05) is 43.3 Å². The van der Waals surface area contributed by atoms with Crippen molar-refractivity contribution in [3.05, 3.63) is 78.1 Å². The molecule has 0 unspecified atom stereocenters. The highest BCUT2D eigenvalue weighted by molar-refractivity contribution is 5.99. The molecule has 32 heavy (non-hydrogen) atoms. The summed E-state index contributed by atoms with van der Waals surface area (Å²) in [6.45, 7) is 3.94. The lowest BCUT2D eigenvalue weighted by Crippen LogP contribution is -2.35. The number of fused-ring (bicyclic) bond motifs is 1. The average molecular weight is 422 g/mol. The SMILES string of the molecule is CC[C@@H](Nc1c(C#N)c(-c2ccc(-c3ccccc3C)cc2)nc2cnccc12)C(N)=O. The molecule has 0 fully saturated rings. The second-order valence-corrected chi connectivity index (χ2v) is 7.61. The van der Waals surface area contributed by atoms with Crippen molar-refractivity contribution in [2.45, 2.75) is 26.3 Å². The maximum absolute atomic E-state index is 11.9. The summed E-state index contributed by atoms with van der Waals surface area (Å²) in [7, 11) is 0. The molecule has 0 bridgehead atoms. The predicted molar refractivity (Wildman–Crippen MR) is 127 cm³/mol. The smallest absolute Gasteiger partial charge is 0.239 e. The standard InChI is InChI=1S/C26H23N5O/c1-3-22(26(28)32)30-25-20-12-13-29-15-23(20)31-24(21(25)14-27)18-10-8-17(9-11-18)19-7-5-4-6-16(19)2/h4-13,15,22H,3H2,1-2H3,(H2,28,32)(H,30,31)/t22-/m1/s1. The Morgan fingerprint density at radius 2 is 1.84 bits per heavy atom. The van der Waals surface area contributed by atoms with Gasteiger partial charge in [0, 0.05) is 17.1 Å². The fourth-order valence-corrected chi connectivity index (χ4v) is 3.84. The Labute approximate surface area is 186 Å². The van der Waals surface area contributed by atoms with Crippen molar-refractivity contribution in [1.29, 1.82) is 5.26 Å². The molecule has 1 atom stereocenters. The highest BCUT2D eigenvalue weighted by atomic mass is 16.1. The number of aromatic nitrogens is 2. The molecule has 0 aliphatic carbocycles. The average Bonchev–Trinajstić information content (AvgIpc) is 2.82. The number of nitrogens with zero attached hydrogens (tertiary/aromatic N) is 3. The molecule has 0 aliphatic heterocycles. The summed E-state index contributed by atoms with van der Waals surface area (Å²) < 4.78 is 0. The van der Waals surface area contributed by atoms with Crippen molar-refractivity contribution in [2.24, 2.45) is 5.73 Å². The Kier molecular flexibility index (Phi) is 5.82. The minimum absolute atomic E-state index is 0.368. The molecule has 1 amide bonds. The molecular formula is C26H23N5O. The zero-order chi connectivity index (χ0) is 22.7. The molecule has 6 nitrogen and oxygen atoms in total. The van der Waals surface area contributed by atoms with Gasteiger partial charge in [0.1, 0.15) is 17.7 Å². The quantitative estimate of drug-likeness (QED) is 0.464. The molecular weight excluding hydrogens is 398 g/mol. The van der Waals surface area contributed by atoms with Crippen molar-refractivity contribution < 1.29 is 4.79 Å². The lowest BCUT2D eigenvalue weighted by Gasteiger charge is -2.19. The van der Waals surface area contributed by atoms with Gasteiger partial charge in [-0.05, 0) is 36.1 Å². The second-order valence-electron chi connectivity index (χ2n) is 7.61. The number of primary amides is 1. The van der Waals surface area contributed by atoms with Crippen molar-refractivity contribution in [3.8, 4) is 28.5 Å². The molecule has 158 valence electrons. The van der Waals surface area contributed by atoms with E-state index in [-0.39, 0.29) is 0 Å². The number of nitrogens with two attached hydrogens (primary N) is 1. The van der Waals surface area contributed by atoms with Crippen LogP contribution >= 0.6 is 0 Å². The van der Waals surface area contributed by atoms with E-state index in [4.69, 9.17) is 10.7 Å². The van der Waals surface area contributed by atoms with E-state index in [9.17, 15) is 10.1 Å². The van der Waals surface area contributed by atoms with E-state index in [2.05, 4.69) is 35.4 Å². The predicted octanol–water partition coefficient (Wildman–Crippen LogP) is 4.82. The first-order valence-corrected chi connectivity index (χ1v) is 10.4. The van der Waals surface area contributed by atoms with E-state index < -0.39 is 11.9 Å². The van der Waals surface area contributed by atoms with Crippen LogP contribution in [0.4, 0.5) is 5.69 Å². The number of benzene rings is 2. The van der Waals surface area contributed by atoms with Crippen LogP contribution < -0.4 is 11.1 Å². The zero-order valence-electron chi connectivity index (χ0n) is 18.0. The highest BCUT2D eigenvalue weighted by Crippen LogP contribution is 2.35. The maximum atomic E-state index is 11.9. The van der Waals surface area contributed by atoms with Crippen molar-refractivity contribution in [2.75, 3.05) is 5.32 Å². The van der Waals surface area contributed by atoms with Gasteiger partial charge in [-0.2, -0.15) is 5.26 Å². The minimum Gasteiger partial charge on any atom is -0.372 e. The molecule has 2 heterocycles. The van der Waals surface area contributed by atoms with Gasteiger partial charge in [-0.3, -0.25) is 9.78 Å². The molecule has 0 saturated heterocycles. The van der Waals surface area contributed by atoms with Crippen LogP contribution in [0.15, 0.2) is 67.0 Å². The van der Waals surface area contributed by atoms with Crippen LogP contribution in [0, 0.1) is 18.3 Å². The fraction of sp³-hybridized carbons (Fsp3) is 0.154. The lowest BCUT2D eigenvalue weighted by atomic mass is 9.97. The first-order chi connectivity index (χ1) is 15.5. The molecule has 0 aliphatic rings. The number of pyridine rings is 2. The first kappa shape index (κ1) is 21.0. The first-order valence-electron chi connectivity index (χ1n) is 10.4. The molecule has 4 aromatic rings. The van der Waals surface area contributed by atoms with Gasteiger partial charge >= 0.3 is 0 Å². The van der Waals surface area contributed by atoms with Crippen LogP contribution in [0.2, 0.25) is 0 Å². The normalized spacial score (nSPS) is 11.7. The summed E-state index contributed by atoms with van der Waals surface area (Å²) in [6.07, 6.45) is 3.78. The number of carbonyl (C=O) groups is 1. The maximum Gasteiger partial charge on any atom is 0.239 e. The van der Waals surface area contributed by atoms with E-state index >= 15 is 0 Å². The Bertz CT molecular complexity index is 1340. The minimum atomic E-state index is -0.600. The van der Waals surface area contributed by atoms with Gasteiger partial charge in [0.15, 0.2) is 0 Å². The summed E-state index contributed by atoms with van der Waals surface area (Å²) in [5, 5.41) is 14.0. The fourth-order valence-electron chi connectivity index (χ4n) is 3.84. The third-order valence-electron chi connectivity index (χ3n) is 5.58. The molecule has 6 heteroatoms. The van der Waals surface area contributed by atoms with E-state index in [1.54, 1.807) is 18.5 Å². The topological polar surface area (TPSA) is 105 Å².